The molecule has 0 fully saturated rings. The summed E-state index contributed by atoms with van der Waals surface area (Å²) in [6.45, 7) is 0.806. The summed E-state index contributed by atoms with van der Waals surface area (Å²) < 4.78 is 1.99. The minimum absolute atomic E-state index is 0.429. The molecule has 0 spiro atoms. The van der Waals surface area contributed by atoms with Crippen LogP contribution < -0.4 is 0 Å². The second kappa shape index (κ2) is 6.23. The second-order valence-electron chi connectivity index (χ2n) is 4.35. The molecule has 1 aromatic carbocycles. The van der Waals surface area contributed by atoms with Crippen molar-refractivity contribution in [2.75, 3.05) is 0 Å². The Bertz CT molecular complexity index is 516. The average Bonchev–Trinajstić information content (AvgIpc) is 2.65. The highest BCUT2D eigenvalue weighted by Crippen LogP contribution is 2.20. The third-order valence-corrected chi connectivity index (χ3v) is 3.24. The first-order valence-electron chi connectivity index (χ1n) is 6.15. The lowest BCUT2D eigenvalue weighted by Crippen LogP contribution is -2.09. The maximum atomic E-state index is 8.74. The number of imidazole rings is 1. The average molecular weight is 267 g/mol. The number of nitrogens with zero attached hydrogens (tertiary/aromatic N) is 2. The predicted octanol–water partition coefficient (Wildman–Crippen LogP) is 2.33. The summed E-state index contributed by atoms with van der Waals surface area (Å²) in [4.78, 5) is 4.29. The van der Waals surface area contributed by atoms with E-state index in [0.29, 0.717) is 11.6 Å². The molecule has 0 unspecified atom stereocenters. The van der Waals surface area contributed by atoms with Gasteiger partial charge in [0.2, 0.25) is 5.28 Å². The van der Waals surface area contributed by atoms with E-state index >= 15 is 0 Å². The molecule has 2 N–H and O–H groups in total. The number of hydrogen-bond acceptors (Lipinski definition) is 3. The molecule has 1 heterocycles. The van der Waals surface area contributed by atoms with Crippen molar-refractivity contribution in [3.05, 3.63) is 29.5 Å². The maximum absolute atomic E-state index is 8.74. The van der Waals surface area contributed by atoms with Crippen LogP contribution in [0, 0.1) is 0 Å². The molecule has 0 bridgehead atoms. The lowest BCUT2D eigenvalue weighted by atomic mass is 9.83. The van der Waals surface area contributed by atoms with Crippen molar-refractivity contribution in [1.29, 1.82) is 0 Å². The van der Waals surface area contributed by atoms with Crippen LogP contribution in [0.3, 0.4) is 0 Å². The van der Waals surface area contributed by atoms with Crippen molar-refractivity contribution in [1.82, 2.24) is 9.55 Å². The summed E-state index contributed by atoms with van der Waals surface area (Å²) in [7, 11) is -1.19. The molecule has 6 heteroatoms. The lowest BCUT2D eigenvalue weighted by Gasteiger charge is -2.05. The normalized spacial score (nSPS) is 11.1. The summed E-state index contributed by atoms with van der Waals surface area (Å²) in [5.74, 6) is 0. The summed E-state index contributed by atoms with van der Waals surface area (Å²) in [6.07, 6.45) is 3.13. The van der Waals surface area contributed by atoms with Crippen LogP contribution in [0.5, 0.6) is 0 Å². The fourth-order valence-electron chi connectivity index (χ4n) is 2.03. The maximum Gasteiger partial charge on any atom is 0.451 e. The Kier molecular flexibility index (Phi) is 4.63. The number of hydrogen-bond donors (Lipinski definition) is 2. The number of benzene rings is 1. The van der Waals surface area contributed by atoms with Crippen LogP contribution in [-0.4, -0.2) is 26.7 Å². The molecule has 2 rings (SSSR count). The molecule has 2 aromatic rings. The van der Waals surface area contributed by atoms with Gasteiger partial charge < -0.3 is 14.6 Å². The Hall–Kier alpha value is -1.04. The Balaban J connectivity index is 1.93. The van der Waals surface area contributed by atoms with Gasteiger partial charge in [0.05, 0.1) is 11.0 Å². The standard InChI is InChI=1S/C12H16BClN2O2/c14-12-15-10-6-2-3-7-11(10)16(12)9-5-1-4-8-13(17)18/h2-3,6-7,17-18H,1,4-5,8-9H2. The van der Waals surface area contributed by atoms with Gasteiger partial charge >= 0.3 is 7.12 Å². The molecule has 0 atom stereocenters. The summed E-state index contributed by atoms with van der Waals surface area (Å²) in [5, 5.41) is 18.0. The van der Waals surface area contributed by atoms with E-state index in [1.807, 2.05) is 28.8 Å². The molecule has 1 aromatic heterocycles. The molecule has 0 saturated carbocycles. The van der Waals surface area contributed by atoms with Gasteiger partial charge in [-0.1, -0.05) is 25.0 Å². The smallest absolute Gasteiger partial charge is 0.427 e. The van der Waals surface area contributed by atoms with Crippen molar-refractivity contribution in [3.63, 3.8) is 0 Å². The van der Waals surface area contributed by atoms with Gasteiger partial charge in [-0.05, 0) is 36.5 Å². The highest BCUT2D eigenvalue weighted by Gasteiger charge is 2.08. The van der Waals surface area contributed by atoms with Crippen LogP contribution in [0.2, 0.25) is 11.6 Å². The molecule has 96 valence electrons. The molecule has 0 aliphatic carbocycles. The highest BCUT2D eigenvalue weighted by molar-refractivity contribution is 6.40. The number of fused-ring (bicyclic) bond motifs is 1. The Morgan fingerprint density at radius 2 is 1.94 bits per heavy atom. The number of rotatable bonds is 6. The lowest BCUT2D eigenvalue weighted by molar-refractivity contribution is 0.401. The van der Waals surface area contributed by atoms with E-state index in [1.165, 1.54) is 0 Å². The van der Waals surface area contributed by atoms with Gasteiger partial charge in [0.1, 0.15) is 0 Å². The SMILES string of the molecule is OB(O)CCCCCn1c(Cl)nc2ccccc21. The largest absolute Gasteiger partial charge is 0.451 e. The van der Waals surface area contributed by atoms with E-state index < -0.39 is 7.12 Å². The number of aryl methyl sites for hydroxylation is 1. The van der Waals surface area contributed by atoms with E-state index in [-0.39, 0.29) is 0 Å². The summed E-state index contributed by atoms with van der Waals surface area (Å²) in [6, 6.07) is 7.86. The Morgan fingerprint density at radius 1 is 1.17 bits per heavy atom. The van der Waals surface area contributed by atoms with Crippen molar-refractivity contribution < 1.29 is 10.0 Å². The zero-order chi connectivity index (χ0) is 13.0. The Morgan fingerprint density at radius 3 is 2.72 bits per heavy atom. The second-order valence-corrected chi connectivity index (χ2v) is 4.69. The fraction of sp³-hybridized carbons (Fsp3) is 0.417. The summed E-state index contributed by atoms with van der Waals surface area (Å²) >= 11 is 6.10. The predicted molar refractivity (Wildman–Crippen MR) is 73.6 cm³/mol. The van der Waals surface area contributed by atoms with E-state index in [2.05, 4.69) is 4.98 Å². The van der Waals surface area contributed by atoms with Crippen molar-refractivity contribution >= 4 is 29.8 Å². The van der Waals surface area contributed by atoms with Gasteiger partial charge in [-0.3, -0.25) is 0 Å². The first-order valence-corrected chi connectivity index (χ1v) is 6.53. The molecule has 0 saturated heterocycles. The molecule has 0 aliphatic rings. The molecule has 18 heavy (non-hydrogen) atoms. The zero-order valence-electron chi connectivity index (χ0n) is 10.1. The van der Waals surface area contributed by atoms with Gasteiger partial charge in [-0.25, -0.2) is 4.98 Å². The van der Waals surface area contributed by atoms with Crippen LogP contribution in [0.15, 0.2) is 24.3 Å². The quantitative estimate of drug-likeness (QED) is 0.623. The molecular weight excluding hydrogens is 250 g/mol. The van der Waals surface area contributed by atoms with Gasteiger partial charge in [0, 0.05) is 6.54 Å². The number of unbranched alkanes of at least 4 members (excludes halogenated alkanes) is 2. The van der Waals surface area contributed by atoms with Crippen molar-refractivity contribution in [2.24, 2.45) is 0 Å². The monoisotopic (exact) mass is 266 g/mol. The van der Waals surface area contributed by atoms with Crippen LogP contribution in [0.25, 0.3) is 11.0 Å². The van der Waals surface area contributed by atoms with Gasteiger partial charge in [0.15, 0.2) is 0 Å². The molecule has 0 aliphatic heterocycles. The number of para-hydroxylation sites is 2. The van der Waals surface area contributed by atoms with E-state index in [0.717, 1.165) is 36.8 Å². The van der Waals surface area contributed by atoms with Gasteiger partial charge in [-0.15, -0.1) is 0 Å². The minimum atomic E-state index is -1.19. The zero-order valence-corrected chi connectivity index (χ0v) is 10.8. The first-order chi connectivity index (χ1) is 8.68. The molecule has 0 amide bonds. The fourth-order valence-corrected chi connectivity index (χ4v) is 2.30. The van der Waals surface area contributed by atoms with Crippen molar-refractivity contribution in [3.8, 4) is 0 Å². The minimum Gasteiger partial charge on any atom is -0.427 e. The van der Waals surface area contributed by atoms with Crippen LogP contribution in [0.4, 0.5) is 0 Å². The molecule has 4 nitrogen and oxygen atoms in total. The van der Waals surface area contributed by atoms with Crippen LogP contribution in [-0.2, 0) is 6.54 Å². The third-order valence-electron chi connectivity index (χ3n) is 2.95. The first kappa shape index (κ1) is 13.4. The van der Waals surface area contributed by atoms with Gasteiger partial charge in [0.25, 0.3) is 0 Å². The van der Waals surface area contributed by atoms with Gasteiger partial charge in [-0.2, -0.15) is 0 Å². The van der Waals surface area contributed by atoms with Crippen molar-refractivity contribution in [2.45, 2.75) is 32.1 Å². The summed E-state index contributed by atoms with van der Waals surface area (Å²) in [5.41, 5.74) is 1.96. The molecular formula is C12H16BClN2O2. The molecule has 0 radical (unpaired) electrons. The number of halogens is 1. The van der Waals surface area contributed by atoms with Crippen LogP contribution in [0.1, 0.15) is 19.3 Å². The van der Waals surface area contributed by atoms with E-state index in [9.17, 15) is 0 Å². The Labute approximate surface area is 111 Å². The topological polar surface area (TPSA) is 58.3 Å². The third kappa shape index (κ3) is 3.25. The van der Waals surface area contributed by atoms with E-state index in [1.54, 1.807) is 0 Å². The van der Waals surface area contributed by atoms with E-state index in [4.69, 9.17) is 21.6 Å². The highest BCUT2D eigenvalue weighted by atomic mass is 35.5. The van der Waals surface area contributed by atoms with Crippen LogP contribution >= 0.6 is 11.6 Å². The number of aromatic nitrogens is 2.